The summed E-state index contributed by atoms with van der Waals surface area (Å²) in [6.07, 6.45) is -18.4. The second-order valence-electron chi connectivity index (χ2n) is 15.7. The molecular formula is C51H27F12N3. The molecule has 10 rings (SSSR count). The molecule has 66 heavy (non-hydrogen) atoms. The number of hydrogen-bond acceptors (Lipinski definition) is 1. The molecule has 7 aromatic carbocycles. The maximum absolute atomic E-state index is 14.5. The van der Waals surface area contributed by atoms with Crippen LogP contribution in [-0.4, -0.2) is 14.1 Å². The maximum Gasteiger partial charge on any atom is 0.416 e. The Labute approximate surface area is 365 Å². The Hall–Kier alpha value is -7.55. The summed E-state index contributed by atoms with van der Waals surface area (Å²) in [4.78, 5) is 4.81. The molecule has 10 aromatic rings. The lowest BCUT2D eigenvalue weighted by Crippen LogP contribution is -2.11. The number of nitrogens with zero attached hydrogens (tertiary/aromatic N) is 3. The first-order valence-electron chi connectivity index (χ1n) is 20.0. The number of alkyl halides is 12. The second-order valence-corrected chi connectivity index (χ2v) is 15.7. The predicted molar refractivity (Wildman–Crippen MR) is 229 cm³/mol. The maximum atomic E-state index is 14.5. The van der Waals surface area contributed by atoms with E-state index in [0.29, 0.717) is 66.9 Å². The van der Waals surface area contributed by atoms with Gasteiger partial charge in [0.15, 0.2) is 0 Å². The zero-order valence-corrected chi connectivity index (χ0v) is 33.5. The van der Waals surface area contributed by atoms with Gasteiger partial charge in [-0.3, -0.25) is 4.57 Å². The van der Waals surface area contributed by atoms with E-state index in [9.17, 15) is 52.7 Å². The van der Waals surface area contributed by atoms with Crippen molar-refractivity contribution in [3.63, 3.8) is 0 Å². The van der Waals surface area contributed by atoms with E-state index in [0.717, 1.165) is 24.3 Å². The van der Waals surface area contributed by atoms with Crippen molar-refractivity contribution in [3.8, 4) is 44.9 Å². The fourth-order valence-corrected chi connectivity index (χ4v) is 8.64. The van der Waals surface area contributed by atoms with E-state index in [1.54, 1.807) is 94.1 Å². The number of rotatable bonds is 5. The standard InChI is InChI=1S/C51H27F12N3/c52-48(53,54)33-9-5-7-28(19-33)30-15-17-39-37-11-1-3-13-42(37)65(44(39)23-30)46-27-64-47(26-41(46)32-21-35(50(58,59)60)25-36(22-32)51(61,62)63)66-43-14-4-2-12-38(43)40-18-16-31(24-45(40)66)29-8-6-10-34(20-29)49(55,56)57/h1-27H. The van der Waals surface area contributed by atoms with Gasteiger partial charge >= 0.3 is 24.7 Å². The van der Waals surface area contributed by atoms with Crippen LogP contribution in [0.2, 0.25) is 0 Å². The van der Waals surface area contributed by atoms with Gasteiger partial charge in [-0.1, -0.05) is 84.9 Å². The molecule has 0 bridgehead atoms. The number of benzene rings is 7. The third kappa shape index (κ3) is 7.37. The van der Waals surface area contributed by atoms with Crippen molar-refractivity contribution < 1.29 is 52.7 Å². The molecular weight excluding hydrogens is 883 g/mol. The SMILES string of the molecule is FC(F)(F)c1cccc(-c2ccc3c4ccccc4n(-c4cc(-c5cc(C(F)(F)F)cc(C(F)(F)F)c5)c(-n5c6ccccc6c6ccc(-c7cccc(C(F)(F)F)c7)cc65)cn4)c3c2)c1. The van der Waals surface area contributed by atoms with E-state index in [4.69, 9.17) is 4.98 Å². The number of aromatic nitrogens is 3. The lowest BCUT2D eigenvalue weighted by Gasteiger charge is -2.19. The van der Waals surface area contributed by atoms with Gasteiger partial charge in [0, 0.05) is 27.1 Å². The van der Waals surface area contributed by atoms with E-state index in [2.05, 4.69) is 0 Å². The van der Waals surface area contributed by atoms with Crippen LogP contribution in [-0.2, 0) is 24.7 Å². The first-order chi connectivity index (χ1) is 31.2. The van der Waals surface area contributed by atoms with Crippen molar-refractivity contribution in [3.05, 3.63) is 186 Å². The van der Waals surface area contributed by atoms with Crippen molar-refractivity contribution in [1.29, 1.82) is 0 Å². The zero-order chi connectivity index (χ0) is 46.5. The van der Waals surface area contributed by atoms with E-state index in [-0.39, 0.29) is 34.3 Å². The Morgan fingerprint density at radius 1 is 0.318 bits per heavy atom. The first-order valence-corrected chi connectivity index (χ1v) is 20.0. The van der Waals surface area contributed by atoms with Crippen molar-refractivity contribution in [2.75, 3.05) is 0 Å². The molecule has 0 atom stereocenters. The van der Waals surface area contributed by atoms with Gasteiger partial charge in [-0.05, 0) is 101 Å². The van der Waals surface area contributed by atoms with Crippen LogP contribution in [0.25, 0.3) is 88.5 Å². The second kappa shape index (κ2) is 15.0. The van der Waals surface area contributed by atoms with Crippen LogP contribution in [0.1, 0.15) is 22.3 Å². The molecule has 0 fully saturated rings. The minimum absolute atomic E-state index is 0.0232. The summed E-state index contributed by atoms with van der Waals surface area (Å²) in [7, 11) is 0. The zero-order valence-electron chi connectivity index (χ0n) is 33.5. The minimum Gasteiger partial charge on any atom is -0.307 e. The van der Waals surface area contributed by atoms with Gasteiger partial charge in [0.1, 0.15) is 5.82 Å². The van der Waals surface area contributed by atoms with Crippen molar-refractivity contribution in [2.45, 2.75) is 24.7 Å². The summed E-state index contributed by atoms with van der Waals surface area (Å²) in [5.74, 6) is 0.0394. The normalized spacial score (nSPS) is 12.8. The Bertz CT molecular complexity index is 3520. The summed E-state index contributed by atoms with van der Waals surface area (Å²) in [6, 6.07) is 35.6. The third-order valence-electron chi connectivity index (χ3n) is 11.6. The molecule has 3 heterocycles. The summed E-state index contributed by atoms with van der Waals surface area (Å²) in [6.45, 7) is 0. The summed E-state index contributed by atoms with van der Waals surface area (Å²) < 4.78 is 173. The third-order valence-corrected chi connectivity index (χ3v) is 11.6. The molecule has 0 aliphatic heterocycles. The van der Waals surface area contributed by atoms with Crippen LogP contribution in [0.4, 0.5) is 52.7 Å². The van der Waals surface area contributed by atoms with Crippen LogP contribution >= 0.6 is 0 Å². The van der Waals surface area contributed by atoms with Gasteiger partial charge in [0.25, 0.3) is 0 Å². The molecule has 15 heteroatoms. The highest BCUT2D eigenvalue weighted by Crippen LogP contribution is 2.44. The highest BCUT2D eigenvalue weighted by Gasteiger charge is 2.38. The molecule has 0 unspecified atom stereocenters. The molecule has 3 aromatic heterocycles. The lowest BCUT2D eigenvalue weighted by atomic mass is 9.98. The molecule has 0 aliphatic carbocycles. The number of halogens is 12. The van der Waals surface area contributed by atoms with Crippen LogP contribution in [0.3, 0.4) is 0 Å². The quantitative estimate of drug-likeness (QED) is 0.158. The molecule has 3 nitrogen and oxygen atoms in total. The Kier molecular flexibility index (Phi) is 9.64. The van der Waals surface area contributed by atoms with Crippen LogP contribution in [0, 0.1) is 0 Å². The van der Waals surface area contributed by atoms with E-state index >= 15 is 0 Å². The topological polar surface area (TPSA) is 22.8 Å². The van der Waals surface area contributed by atoms with Crippen LogP contribution in [0.15, 0.2) is 164 Å². The number of para-hydroxylation sites is 2. The first kappa shape index (κ1) is 42.4. The molecule has 0 N–H and O–H groups in total. The lowest BCUT2D eigenvalue weighted by molar-refractivity contribution is -0.143. The smallest absolute Gasteiger partial charge is 0.307 e. The number of pyridine rings is 1. The van der Waals surface area contributed by atoms with Crippen LogP contribution in [0.5, 0.6) is 0 Å². The van der Waals surface area contributed by atoms with Gasteiger partial charge < -0.3 is 4.57 Å². The predicted octanol–water partition coefficient (Wildman–Crippen LogP) is 16.4. The molecule has 0 spiro atoms. The van der Waals surface area contributed by atoms with Gasteiger partial charge in [-0.15, -0.1) is 0 Å². The van der Waals surface area contributed by atoms with Crippen molar-refractivity contribution in [1.82, 2.24) is 14.1 Å². The molecule has 0 aliphatic rings. The van der Waals surface area contributed by atoms with Crippen molar-refractivity contribution in [2.24, 2.45) is 0 Å². The average Bonchev–Trinajstić information content (AvgIpc) is 3.79. The fraction of sp³-hybridized carbons (Fsp3) is 0.0784. The van der Waals surface area contributed by atoms with E-state index in [1.165, 1.54) is 36.5 Å². The highest BCUT2D eigenvalue weighted by atomic mass is 19.4. The highest BCUT2D eigenvalue weighted by molar-refractivity contribution is 6.12. The summed E-state index contributed by atoms with van der Waals surface area (Å²) in [5.41, 5.74) is -2.64. The largest absolute Gasteiger partial charge is 0.416 e. The Balaban J connectivity index is 1.28. The minimum atomic E-state index is -5.22. The van der Waals surface area contributed by atoms with Gasteiger partial charge in [0.2, 0.25) is 0 Å². The van der Waals surface area contributed by atoms with Gasteiger partial charge in [-0.2, -0.15) is 52.7 Å². The van der Waals surface area contributed by atoms with Crippen LogP contribution < -0.4 is 0 Å². The monoisotopic (exact) mass is 909 g/mol. The Morgan fingerprint density at radius 3 is 1.21 bits per heavy atom. The van der Waals surface area contributed by atoms with Crippen molar-refractivity contribution >= 4 is 43.6 Å². The fourth-order valence-electron chi connectivity index (χ4n) is 8.64. The van der Waals surface area contributed by atoms with Gasteiger partial charge in [0.05, 0.1) is 56.2 Å². The molecule has 0 saturated carbocycles. The van der Waals surface area contributed by atoms with E-state index < -0.39 is 52.5 Å². The average molecular weight is 910 g/mol. The number of hydrogen-bond donors (Lipinski definition) is 0. The number of fused-ring (bicyclic) bond motifs is 6. The Morgan fingerprint density at radius 2 is 0.727 bits per heavy atom. The molecule has 330 valence electrons. The van der Waals surface area contributed by atoms with Gasteiger partial charge in [-0.25, -0.2) is 4.98 Å². The molecule has 0 saturated heterocycles. The summed E-state index contributed by atoms with van der Waals surface area (Å²) >= 11 is 0. The molecule has 0 radical (unpaired) electrons. The molecule has 0 amide bonds. The van der Waals surface area contributed by atoms with E-state index in [1.807, 2.05) is 0 Å². The summed E-state index contributed by atoms with van der Waals surface area (Å²) in [5, 5.41) is 2.47.